The smallest absolute Gasteiger partial charge is 0.255 e. The molecule has 0 bridgehead atoms. The lowest BCUT2D eigenvalue weighted by atomic mass is 9.76. The highest BCUT2D eigenvalue weighted by Gasteiger charge is 2.31. The number of nitrogens with one attached hydrogen (secondary N) is 2. The fraction of sp³-hybridized carbons (Fsp3) is 0.333. The van der Waals surface area contributed by atoms with Crippen LogP contribution in [0, 0.1) is 11.7 Å². The number of carbonyl (C=O) groups excluding carboxylic acids is 1. The molecule has 1 amide bonds. The maximum absolute atomic E-state index is 13.6. The maximum Gasteiger partial charge on any atom is 0.255 e. The van der Waals surface area contributed by atoms with E-state index in [9.17, 15) is 9.18 Å². The van der Waals surface area contributed by atoms with Crippen LogP contribution in [0.15, 0.2) is 30.6 Å². The molecule has 30 heavy (non-hydrogen) atoms. The molecule has 4 aromatic rings. The first-order valence-electron chi connectivity index (χ1n) is 9.94. The van der Waals surface area contributed by atoms with Crippen molar-refractivity contribution in [1.29, 1.82) is 0 Å². The van der Waals surface area contributed by atoms with Crippen LogP contribution >= 0.6 is 0 Å². The minimum atomic E-state index is -0.329. The average Bonchev–Trinajstić information content (AvgIpc) is 3.26. The van der Waals surface area contributed by atoms with Crippen molar-refractivity contribution < 1.29 is 9.18 Å². The highest BCUT2D eigenvalue weighted by Crippen LogP contribution is 2.30. The number of hydrogen-bond acceptors (Lipinski definition) is 5. The Balaban J connectivity index is 1.50. The van der Waals surface area contributed by atoms with Gasteiger partial charge < -0.3 is 16.0 Å². The number of halogens is 1. The van der Waals surface area contributed by atoms with Gasteiger partial charge >= 0.3 is 0 Å². The van der Waals surface area contributed by atoms with Crippen molar-refractivity contribution in [3.8, 4) is 11.4 Å². The van der Waals surface area contributed by atoms with Gasteiger partial charge in [0.15, 0.2) is 5.65 Å². The molecule has 4 N–H and O–H groups in total. The number of hydrogen-bond donors (Lipinski definition) is 3. The second-order valence-electron chi connectivity index (χ2n) is 8.04. The molecule has 1 aliphatic rings. The Kier molecular flexibility index (Phi) is 4.28. The van der Waals surface area contributed by atoms with E-state index in [0.29, 0.717) is 39.5 Å². The van der Waals surface area contributed by atoms with E-state index in [1.807, 2.05) is 6.92 Å². The highest BCUT2D eigenvalue weighted by molar-refractivity contribution is 6.05. The molecule has 3 heterocycles. The number of aromatic amines is 1. The summed E-state index contributed by atoms with van der Waals surface area (Å²) in [7, 11) is 1.75. The van der Waals surface area contributed by atoms with Crippen LogP contribution in [-0.4, -0.2) is 42.7 Å². The van der Waals surface area contributed by atoms with Gasteiger partial charge in [0.1, 0.15) is 22.7 Å². The van der Waals surface area contributed by atoms with E-state index >= 15 is 0 Å². The quantitative estimate of drug-likeness (QED) is 0.481. The summed E-state index contributed by atoms with van der Waals surface area (Å²) in [5, 5.41) is 8.31. The molecule has 9 heteroatoms. The van der Waals surface area contributed by atoms with Crippen LogP contribution in [0.5, 0.6) is 0 Å². The fourth-order valence-electron chi connectivity index (χ4n) is 4.12. The van der Waals surface area contributed by atoms with Crippen LogP contribution < -0.4 is 11.1 Å². The molecule has 1 fully saturated rings. The number of aryl methyl sites for hydroxylation is 1. The van der Waals surface area contributed by atoms with Crippen LogP contribution in [0.4, 0.5) is 4.39 Å². The summed E-state index contributed by atoms with van der Waals surface area (Å²) in [6, 6.07) is 4.77. The number of aromatic nitrogens is 5. The molecule has 1 atom stereocenters. The molecule has 0 saturated heterocycles. The Morgan fingerprint density at radius 1 is 1.40 bits per heavy atom. The minimum absolute atomic E-state index is 0.0352. The van der Waals surface area contributed by atoms with Crippen LogP contribution in [-0.2, 0) is 7.05 Å². The Hall–Kier alpha value is -3.33. The third kappa shape index (κ3) is 3.02. The number of rotatable bonds is 4. The van der Waals surface area contributed by atoms with Crippen LogP contribution in [0.25, 0.3) is 33.5 Å². The van der Waals surface area contributed by atoms with Crippen molar-refractivity contribution in [2.45, 2.75) is 31.8 Å². The lowest BCUT2D eigenvalue weighted by Gasteiger charge is -2.37. The molecule has 0 unspecified atom stereocenters. The zero-order valence-electron chi connectivity index (χ0n) is 16.7. The third-order valence-electron chi connectivity index (χ3n) is 5.96. The monoisotopic (exact) mass is 407 g/mol. The number of amides is 1. The van der Waals surface area contributed by atoms with Gasteiger partial charge in [-0.3, -0.25) is 9.48 Å². The SMILES string of the molecule is C[C@H](NC(=O)c1c[nH]c2ncc(-c3nn(C)c4cc(F)ccc34)nc12)C1CC(N)C1. The van der Waals surface area contributed by atoms with E-state index in [1.165, 1.54) is 12.1 Å². The Labute approximate surface area is 171 Å². The van der Waals surface area contributed by atoms with Gasteiger partial charge in [-0.1, -0.05) is 0 Å². The number of carbonyl (C=O) groups is 1. The van der Waals surface area contributed by atoms with Gasteiger partial charge in [-0.25, -0.2) is 14.4 Å². The van der Waals surface area contributed by atoms with Crippen molar-refractivity contribution in [2.24, 2.45) is 18.7 Å². The van der Waals surface area contributed by atoms with E-state index in [2.05, 4.69) is 25.4 Å². The van der Waals surface area contributed by atoms with E-state index < -0.39 is 0 Å². The van der Waals surface area contributed by atoms with E-state index in [-0.39, 0.29) is 23.8 Å². The van der Waals surface area contributed by atoms with Crippen molar-refractivity contribution in [3.05, 3.63) is 42.0 Å². The fourth-order valence-corrected chi connectivity index (χ4v) is 4.12. The summed E-state index contributed by atoms with van der Waals surface area (Å²) in [4.78, 5) is 24.9. The topological polar surface area (TPSA) is 115 Å². The third-order valence-corrected chi connectivity index (χ3v) is 5.96. The zero-order chi connectivity index (χ0) is 21.0. The van der Waals surface area contributed by atoms with Crippen LogP contribution in [0.1, 0.15) is 30.1 Å². The van der Waals surface area contributed by atoms with Crippen LogP contribution in [0.3, 0.4) is 0 Å². The van der Waals surface area contributed by atoms with Gasteiger partial charge in [-0.15, -0.1) is 0 Å². The second kappa shape index (κ2) is 6.88. The molecule has 0 radical (unpaired) electrons. The van der Waals surface area contributed by atoms with Gasteiger partial charge in [-0.2, -0.15) is 5.10 Å². The molecule has 8 nitrogen and oxygen atoms in total. The molecular weight excluding hydrogens is 385 g/mol. The molecule has 1 saturated carbocycles. The van der Waals surface area contributed by atoms with Crippen molar-refractivity contribution in [1.82, 2.24) is 30.0 Å². The molecular formula is C21H22FN7O. The second-order valence-corrected chi connectivity index (χ2v) is 8.04. The number of nitrogens with two attached hydrogens (primary N) is 1. The largest absolute Gasteiger partial charge is 0.349 e. The maximum atomic E-state index is 13.6. The van der Waals surface area contributed by atoms with Gasteiger partial charge in [0.25, 0.3) is 5.91 Å². The Morgan fingerprint density at radius 2 is 2.20 bits per heavy atom. The van der Waals surface area contributed by atoms with Crippen molar-refractivity contribution in [3.63, 3.8) is 0 Å². The predicted octanol–water partition coefficient (Wildman–Crippen LogP) is 2.51. The summed E-state index contributed by atoms with van der Waals surface area (Å²) in [5.41, 5.74) is 9.06. The number of H-pyrrole nitrogens is 1. The van der Waals surface area contributed by atoms with E-state index in [0.717, 1.165) is 18.2 Å². The summed E-state index contributed by atoms with van der Waals surface area (Å²) in [5.74, 6) is -0.130. The van der Waals surface area contributed by atoms with Crippen LogP contribution in [0.2, 0.25) is 0 Å². The minimum Gasteiger partial charge on any atom is -0.349 e. The molecule has 0 aliphatic heterocycles. The Morgan fingerprint density at radius 3 is 2.97 bits per heavy atom. The molecule has 0 spiro atoms. The lowest BCUT2D eigenvalue weighted by molar-refractivity contribution is 0.0902. The average molecular weight is 407 g/mol. The number of fused-ring (bicyclic) bond motifs is 2. The number of benzene rings is 1. The zero-order valence-corrected chi connectivity index (χ0v) is 16.7. The highest BCUT2D eigenvalue weighted by atomic mass is 19.1. The first-order valence-corrected chi connectivity index (χ1v) is 9.94. The standard InChI is InChI=1S/C21H22FN7O/c1-10(11-5-13(23)6-11)26-21(30)15-8-24-20-19(15)27-16(9-25-20)18-14-4-3-12(22)7-17(14)29(2)28-18/h3-4,7-11,13H,5-6,23H2,1-2H3,(H,24,25)(H,26,30)/t10-,11?,13?/m0/s1. The van der Waals surface area contributed by atoms with E-state index in [4.69, 9.17) is 5.73 Å². The molecule has 154 valence electrons. The summed E-state index contributed by atoms with van der Waals surface area (Å²) < 4.78 is 15.2. The summed E-state index contributed by atoms with van der Waals surface area (Å²) >= 11 is 0. The lowest BCUT2D eigenvalue weighted by Crippen LogP contribution is -2.48. The normalized spacial score (nSPS) is 19.7. The van der Waals surface area contributed by atoms with Gasteiger partial charge in [-0.05, 0) is 43.9 Å². The number of nitrogens with zero attached hydrogens (tertiary/aromatic N) is 4. The van der Waals surface area contributed by atoms with Gasteiger partial charge in [0.05, 0.1) is 17.3 Å². The van der Waals surface area contributed by atoms with Crippen molar-refractivity contribution >= 4 is 28.0 Å². The van der Waals surface area contributed by atoms with Crippen molar-refractivity contribution in [2.75, 3.05) is 0 Å². The molecule has 3 aromatic heterocycles. The Bertz CT molecular complexity index is 1270. The summed E-state index contributed by atoms with van der Waals surface area (Å²) in [6.45, 7) is 2.00. The first kappa shape index (κ1) is 18.7. The first-order chi connectivity index (χ1) is 14.4. The molecule has 1 aromatic carbocycles. The van der Waals surface area contributed by atoms with E-state index in [1.54, 1.807) is 30.2 Å². The van der Waals surface area contributed by atoms with Gasteiger partial charge in [0, 0.05) is 30.7 Å². The molecule has 1 aliphatic carbocycles. The molecule has 5 rings (SSSR count). The summed E-state index contributed by atoms with van der Waals surface area (Å²) in [6.07, 6.45) is 5.07. The predicted molar refractivity (Wildman–Crippen MR) is 111 cm³/mol. The van der Waals surface area contributed by atoms with Gasteiger partial charge in [0.2, 0.25) is 0 Å².